The number of nitrogens with one attached hydrogen (secondary N) is 2. The van der Waals surface area contributed by atoms with Crippen LogP contribution in [0.2, 0.25) is 0 Å². The zero-order valence-corrected chi connectivity index (χ0v) is 13.5. The summed E-state index contributed by atoms with van der Waals surface area (Å²) in [6.45, 7) is 5.91. The van der Waals surface area contributed by atoms with E-state index in [0.29, 0.717) is 12.4 Å². The molecule has 1 atom stereocenters. The van der Waals surface area contributed by atoms with Gasteiger partial charge < -0.3 is 9.47 Å². The third kappa shape index (κ3) is 7.17. The molecular formula is C17H22N2O4. The van der Waals surface area contributed by atoms with Crippen LogP contribution in [0.4, 0.5) is 0 Å². The Hall–Kier alpha value is -2.76. The highest BCUT2D eigenvalue weighted by Crippen LogP contribution is 2.18. The number of carbonyl (C=O) groups excluding carboxylic acids is 2. The predicted octanol–water partition coefficient (Wildman–Crippen LogP) is 2.13. The second-order valence-electron chi connectivity index (χ2n) is 4.53. The zero-order chi connectivity index (χ0) is 17.1. The Labute approximate surface area is 136 Å². The van der Waals surface area contributed by atoms with Gasteiger partial charge in [-0.2, -0.15) is 0 Å². The van der Waals surface area contributed by atoms with Gasteiger partial charge in [-0.15, -0.1) is 0 Å². The van der Waals surface area contributed by atoms with E-state index in [1.807, 2.05) is 13.8 Å². The van der Waals surface area contributed by atoms with Crippen LogP contribution in [0.3, 0.4) is 0 Å². The Kier molecular flexibility index (Phi) is 7.99. The molecule has 0 spiro atoms. The molecule has 0 aliphatic carbocycles. The van der Waals surface area contributed by atoms with E-state index in [2.05, 4.69) is 10.9 Å². The van der Waals surface area contributed by atoms with Crippen molar-refractivity contribution in [3.05, 3.63) is 48.6 Å². The number of hydrazine groups is 1. The van der Waals surface area contributed by atoms with Crippen molar-refractivity contribution in [2.75, 3.05) is 6.61 Å². The molecule has 0 saturated heterocycles. The van der Waals surface area contributed by atoms with Crippen molar-refractivity contribution >= 4 is 11.8 Å². The number of rotatable bonds is 7. The fourth-order valence-corrected chi connectivity index (χ4v) is 1.56. The molecule has 0 aliphatic rings. The molecule has 0 aliphatic heterocycles. The average molecular weight is 318 g/mol. The van der Waals surface area contributed by atoms with Gasteiger partial charge in [-0.1, -0.05) is 18.2 Å². The van der Waals surface area contributed by atoms with Crippen molar-refractivity contribution in [3.63, 3.8) is 0 Å². The van der Waals surface area contributed by atoms with Gasteiger partial charge in [0, 0.05) is 6.08 Å². The van der Waals surface area contributed by atoms with Gasteiger partial charge in [0.1, 0.15) is 11.5 Å². The molecular weight excluding hydrogens is 296 g/mol. The normalized spacial score (nSPS) is 12.1. The third-order valence-corrected chi connectivity index (χ3v) is 2.68. The molecule has 23 heavy (non-hydrogen) atoms. The summed E-state index contributed by atoms with van der Waals surface area (Å²) in [4.78, 5) is 23.2. The topological polar surface area (TPSA) is 76.7 Å². The van der Waals surface area contributed by atoms with Gasteiger partial charge in [0.25, 0.3) is 11.8 Å². The molecule has 1 aromatic carbocycles. The number of carbonyl (C=O) groups is 2. The van der Waals surface area contributed by atoms with Gasteiger partial charge in [-0.05, 0) is 45.0 Å². The molecule has 1 rings (SSSR count). The molecule has 0 bridgehead atoms. The quantitative estimate of drug-likeness (QED) is 0.459. The van der Waals surface area contributed by atoms with Crippen LogP contribution in [0.5, 0.6) is 11.5 Å². The maximum atomic E-state index is 11.8. The fraction of sp³-hybridized carbons (Fsp3) is 0.294. The smallest absolute Gasteiger partial charge is 0.279 e. The second-order valence-corrected chi connectivity index (χ2v) is 4.53. The highest BCUT2D eigenvalue weighted by Gasteiger charge is 2.14. The Bertz CT molecular complexity index is 564. The highest BCUT2D eigenvalue weighted by molar-refractivity contribution is 5.90. The van der Waals surface area contributed by atoms with Crippen molar-refractivity contribution < 1.29 is 19.1 Å². The van der Waals surface area contributed by atoms with E-state index >= 15 is 0 Å². The summed E-state index contributed by atoms with van der Waals surface area (Å²) in [6, 6.07) is 6.95. The molecule has 0 aromatic heterocycles. The van der Waals surface area contributed by atoms with E-state index in [0.717, 1.165) is 5.75 Å². The maximum absolute atomic E-state index is 11.8. The first-order chi connectivity index (χ1) is 11.1. The molecule has 0 radical (unpaired) electrons. The molecule has 2 amide bonds. The van der Waals surface area contributed by atoms with E-state index < -0.39 is 17.9 Å². The van der Waals surface area contributed by atoms with Crippen LogP contribution in [0, 0.1) is 0 Å². The van der Waals surface area contributed by atoms with Gasteiger partial charge in [0.2, 0.25) is 0 Å². The first-order valence-corrected chi connectivity index (χ1v) is 7.35. The third-order valence-electron chi connectivity index (χ3n) is 2.68. The van der Waals surface area contributed by atoms with Gasteiger partial charge >= 0.3 is 0 Å². The molecule has 1 aromatic rings. The summed E-state index contributed by atoms with van der Waals surface area (Å²) in [6.07, 6.45) is 5.61. The lowest BCUT2D eigenvalue weighted by Gasteiger charge is -2.15. The van der Waals surface area contributed by atoms with E-state index in [4.69, 9.17) is 9.47 Å². The van der Waals surface area contributed by atoms with Crippen molar-refractivity contribution in [1.82, 2.24) is 10.9 Å². The van der Waals surface area contributed by atoms with Crippen molar-refractivity contribution in [2.24, 2.45) is 0 Å². The summed E-state index contributed by atoms with van der Waals surface area (Å²) in [5, 5.41) is 0. The lowest BCUT2D eigenvalue weighted by atomic mass is 10.3. The molecule has 0 fully saturated rings. The SMILES string of the molecule is C/C=C/C=C/C(=O)NNC(=O)C(C)Oc1ccc(OCC)cc1. The van der Waals surface area contributed by atoms with Gasteiger partial charge in [-0.25, -0.2) is 0 Å². The number of benzene rings is 1. The largest absolute Gasteiger partial charge is 0.494 e. The lowest BCUT2D eigenvalue weighted by Crippen LogP contribution is -2.46. The van der Waals surface area contributed by atoms with Crippen molar-refractivity contribution in [3.8, 4) is 11.5 Å². The number of allylic oxidation sites excluding steroid dienone is 3. The molecule has 1 unspecified atom stereocenters. The predicted molar refractivity (Wildman–Crippen MR) is 87.9 cm³/mol. The summed E-state index contributed by atoms with van der Waals surface area (Å²) < 4.78 is 10.8. The van der Waals surface area contributed by atoms with Crippen LogP contribution in [-0.2, 0) is 9.59 Å². The van der Waals surface area contributed by atoms with Gasteiger partial charge in [0.15, 0.2) is 6.10 Å². The molecule has 6 nitrogen and oxygen atoms in total. The van der Waals surface area contributed by atoms with E-state index in [9.17, 15) is 9.59 Å². The number of ether oxygens (including phenoxy) is 2. The van der Waals surface area contributed by atoms with Crippen molar-refractivity contribution in [1.29, 1.82) is 0 Å². The van der Waals surface area contributed by atoms with Gasteiger partial charge in [-0.3, -0.25) is 20.4 Å². The first-order valence-electron chi connectivity index (χ1n) is 7.35. The number of hydrogen-bond acceptors (Lipinski definition) is 4. The Balaban J connectivity index is 2.42. The summed E-state index contributed by atoms with van der Waals surface area (Å²) in [5.74, 6) is 0.393. The first kappa shape index (κ1) is 18.3. The lowest BCUT2D eigenvalue weighted by molar-refractivity contribution is -0.131. The minimum atomic E-state index is -0.757. The van der Waals surface area contributed by atoms with Crippen LogP contribution in [0.25, 0.3) is 0 Å². The van der Waals surface area contributed by atoms with Crippen LogP contribution >= 0.6 is 0 Å². The van der Waals surface area contributed by atoms with E-state index in [-0.39, 0.29) is 0 Å². The van der Waals surface area contributed by atoms with E-state index in [1.165, 1.54) is 6.08 Å². The minimum absolute atomic E-state index is 0.426. The maximum Gasteiger partial charge on any atom is 0.279 e. The van der Waals surface area contributed by atoms with Crippen molar-refractivity contribution in [2.45, 2.75) is 26.9 Å². The number of hydrogen-bond donors (Lipinski definition) is 2. The van der Waals surface area contributed by atoms with Crippen LogP contribution in [0.15, 0.2) is 48.6 Å². The minimum Gasteiger partial charge on any atom is -0.494 e. The summed E-state index contributed by atoms with van der Waals surface area (Å²) >= 11 is 0. The number of amides is 2. The molecule has 6 heteroatoms. The molecule has 0 heterocycles. The Morgan fingerprint density at radius 1 is 1.13 bits per heavy atom. The highest BCUT2D eigenvalue weighted by atomic mass is 16.5. The standard InChI is InChI=1S/C17H22N2O4/c1-4-6-7-8-16(20)18-19-17(21)13(3)23-15-11-9-14(10-12-15)22-5-2/h4,6-13H,5H2,1-3H3,(H,18,20)(H,19,21)/b6-4+,8-7+. The Morgan fingerprint density at radius 3 is 2.39 bits per heavy atom. The molecule has 0 saturated carbocycles. The zero-order valence-electron chi connectivity index (χ0n) is 13.5. The summed E-state index contributed by atoms with van der Waals surface area (Å²) in [5.41, 5.74) is 4.57. The fourth-order valence-electron chi connectivity index (χ4n) is 1.56. The monoisotopic (exact) mass is 318 g/mol. The molecule has 2 N–H and O–H groups in total. The molecule has 124 valence electrons. The van der Waals surface area contributed by atoms with Crippen LogP contribution < -0.4 is 20.3 Å². The Morgan fingerprint density at radius 2 is 1.78 bits per heavy atom. The second kappa shape index (κ2) is 10.0. The van der Waals surface area contributed by atoms with E-state index in [1.54, 1.807) is 49.4 Å². The van der Waals surface area contributed by atoms with Gasteiger partial charge in [0.05, 0.1) is 6.61 Å². The van der Waals surface area contributed by atoms with Crippen LogP contribution in [-0.4, -0.2) is 24.5 Å². The van der Waals surface area contributed by atoms with Crippen LogP contribution in [0.1, 0.15) is 20.8 Å². The summed E-state index contributed by atoms with van der Waals surface area (Å²) in [7, 11) is 0. The average Bonchev–Trinajstić information content (AvgIpc) is 2.55.